The van der Waals surface area contributed by atoms with Gasteiger partial charge in [0, 0.05) is 12.6 Å². The first-order valence-electron chi connectivity index (χ1n) is 5.74. The quantitative estimate of drug-likeness (QED) is 0.670. The Morgan fingerprint density at radius 3 is 2.33 bits per heavy atom. The maximum atomic E-state index is 13.6. The monoisotopic (exact) mass is 298 g/mol. The molecule has 0 fully saturated rings. The van der Waals surface area contributed by atoms with Crippen molar-refractivity contribution in [3.8, 4) is 5.75 Å². The molecule has 0 radical (unpaired) electrons. The molecule has 8 heteroatoms. The third kappa shape index (κ3) is 3.04. The smallest absolute Gasteiger partial charge is 0.295 e. The van der Waals surface area contributed by atoms with Gasteiger partial charge in [0.2, 0.25) is 0 Å². The summed E-state index contributed by atoms with van der Waals surface area (Å²) in [6.07, 6.45) is 0. The molecule has 0 saturated heterocycles. The lowest BCUT2D eigenvalue weighted by Crippen LogP contribution is -2.05. The fourth-order valence-corrected chi connectivity index (χ4v) is 1.75. The number of aromatic hydroxyl groups is 1. The van der Waals surface area contributed by atoms with E-state index in [1.807, 2.05) is 0 Å². The Balaban J connectivity index is 2.27. The summed E-state index contributed by atoms with van der Waals surface area (Å²) in [5.74, 6) is -4.32. The molecule has 0 unspecified atom stereocenters. The fourth-order valence-electron chi connectivity index (χ4n) is 1.75. The molecule has 21 heavy (non-hydrogen) atoms. The Kier molecular flexibility index (Phi) is 3.97. The zero-order valence-corrected chi connectivity index (χ0v) is 10.4. The van der Waals surface area contributed by atoms with Gasteiger partial charge < -0.3 is 10.4 Å². The number of anilines is 1. The van der Waals surface area contributed by atoms with E-state index in [1.54, 1.807) is 0 Å². The lowest BCUT2D eigenvalue weighted by atomic mass is 10.2. The van der Waals surface area contributed by atoms with Crippen LogP contribution in [0.15, 0.2) is 30.3 Å². The highest BCUT2D eigenvalue weighted by molar-refractivity contribution is 5.62. The molecule has 0 bridgehead atoms. The molecule has 0 spiro atoms. The number of rotatable bonds is 4. The average molecular weight is 298 g/mol. The van der Waals surface area contributed by atoms with Crippen LogP contribution in [0.2, 0.25) is 0 Å². The highest BCUT2D eigenvalue weighted by atomic mass is 19.1. The molecule has 2 aromatic rings. The van der Waals surface area contributed by atoms with Gasteiger partial charge >= 0.3 is 0 Å². The number of hydrogen-bond donors (Lipinski definition) is 2. The van der Waals surface area contributed by atoms with E-state index in [9.17, 15) is 23.3 Å². The number of nitrogens with one attached hydrogen (secondary N) is 1. The third-order valence-electron chi connectivity index (χ3n) is 2.73. The Labute approximate surface area is 116 Å². The van der Waals surface area contributed by atoms with Crippen LogP contribution in [-0.2, 0) is 6.54 Å². The van der Waals surface area contributed by atoms with Crippen molar-refractivity contribution in [3.05, 3.63) is 63.5 Å². The van der Waals surface area contributed by atoms with Crippen LogP contribution in [0.1, 0.15) is 5.56 Å². The van der Waals surface area contributed by atoms with Crippen molar-refractivity contribution in [1.82, 2.24) is 0 Å². The minimum Gasteiger partial charge on any atom is -0.503 e. The van der Waals surface area contributed by atoms with Crippen molar-refractivity contribution in [3.63, 3.8) is 0 Å². The van der Waals surface area contributed by atoms with Gasteiger partial charge in [0.05, 0.1) is 4.92 Å². The van der Waals surface area contributed by atoms with Crippen molar-refractivity contribution in [1.29, 1.82) is 0 Å². The van der Waals surface area contributed by atoms with Crippen LogP contribution < -0.4 is 5.32 Å². The number of hydrogen-bond acceptors (Lipinski definition) is 4. The highest BCUT2D eigenvalue weighted by Crippen LogP contribution is 2.28. The van der Waals surface area contributed by atoms with Gasteiger partial charge in [0.15, 0.2) is 23.2 Å². The van der Waals surface area contributed by atoms with Crippen molar-refractivity contribution < 1.29 is 23.2 Å². The molecule has 0 saturated carbocycles. The largest absolute Gasteiger partial charge is 0.503 e. The zero-order chi connectivity index (χ0) is 15.6. The molecule has 110 valence electrons. The molecule has 0 aliphatic heterocycles. The average Bonchev–Trinajstić information content (AvgIpc) is 2.42. The SMILES string of the molecule is O=[N+]([O-])c1cccc(F)c1NCc1cc(F)c(O)c(F)c1. The molecule has 2 rings (SSSR count). The van der Waals surface area contributed by atoms with E-state index >= 15 is 0 Å². The number of para-hydroxylation sites is 1. The summed E-state index contributed by atoms with van der Waals surface area (Å²) in [6, 6.07) is 4.99. The second-order valence-corrected chi connectivity index (χ2v) is 4.15. The van der Waals surface area contributed by atoms with Crippen molar-refractivity contribution in [2.24, 2.45) is 0 Å². The van der Waals surface area contributed by atoms with E-state index in [0.29, 0.717) is 0 Å². The molecule has 2 aromatic carbocycles. The van der Waals surface area contributed by atoms with Gasteiger partial charge in [-0.3, -0.25) is 10.1 Å². The number of phenolic OH excluding ortho intramolecular Hbond substituents is 1. The molecule has 0 atom stereocenters. The van der Waals surface area contributed by atoms with Crippen LogP contribution in [0.3, 0.4) is 0 Å². The summed E-state index contributed by atoms with van der Waals surface area (Å²) >= 11 is 0. The number of nitrogens with zero attached hydrogens (tertiary/aromatic N) is 1. The van der Waals surface area contributed by atoms with E-state index in [0.717, 1.165) is 24.3 Å². The van der Waals surface area contributed by atoms with Gasteiger partial charge in [-0.2, -0.15) is 0 Å². The summed E-state index contributed by atoms with van der Waals surface area (Å²) in [4.78, 5) is 10.0. The summed E-state index contributed by atoms with van der Waals surface area (Å²) < 4.78 is 39.9. The Hall–Kier alpha value is -2.77. The molecular formula is C13H9F3N2O3. The molecule has 0 aliphatic rings. The topological polar surface area (TPSA) is 75.4 Å². The van der Waals surface area contributed by atoms with Crippen LogP contribution in [0.5, 0.6) is 5.75 Å². The predicted molar refractivity (Wildman–Crippen MR) is 68.4 cm³/mol. The summed E-state index contributed by atoms with van der Waals surface area (Å²) in [5, 5.41) is 22.2. The van der Waals surface area contributed by atoms with Gasteiger partial charge in [-0.1, -0.05) is 6.07 Å². The normalized spacial score (nSPS) is 10.4. The maximum absolute atomic E-state index is 13.6. The third-order valence-corrected chi connectivity index (χ3v) is 2.73. The highest BCUT2D eigenvalue weighted by Gasteiger charge is 2.18. The Bertz CT molecular complexity index is 684. The van der Waals surface area contributed by atoms with E-state index in [-0.39, 0.29) is 17.8 Å². The van der Waals surface area contributed by atoms with E-state index in [4.69, 9.17) is 5.11 Å². The number of halogens is 3. The van der Waals surface area contributed by atoms with Gasteiger partial charge in [-0.25, -0.2) is 13.2 Å². The van der Waals surface area contributed by atoms with Gasteiger partial charge in [0.25, 0.3) is 5.69 Å². The first kappa shape index (κ1) is 14.6. The number of nitro benzene ring substituents is 1. The number of nitro groups is 1. The van der Waals surface area contributed by atoms with Crippen LogP contribution >= 0.6 is 0 Å². The van der Waals surface area contributed by atoms with Crippen molar-refractivity contribution in [2.45, 2.75) is 6.54 Å². The molecule has 2 N–H and O–H groups in total. The van der Waals surface area contributed by atoms with E-state index in [2.05, 4.69) is 5.32 Å². The first-order valence-corrected chi connectivity index (χ1v) is 5.74. The Morgan fingerprint density at radius 1 is 1.14 bits per heavy atom. The second-order valence-electron chi connectivity index (χ2n) is 4.15. The zero-order valence-electron chi connectivity index (χ0n) is 10.4. The lowest BCUT2D eigenvalue weighted by molar-refractivity contribution is -0.384. The van der Waals surface area contributed by atoms with Gasteiger partial charge in [0.1, 0.15) is 5.69 Å². The van der Waals surface area contributed by atoms with Crippen molar-refractivity contribution in [2.75, 3.05) is 5.32 Å². The molecule has 5 nitrogen and oxygen atoms in total. The summed E-state index contributed by atoms with van der Waals surface area (Å²) in [5.41, 5.74) is -0.813. The molecule has 0 aliphatic carbocycles. The Morgan fingerprint density at radius 2 is 1.76 bits per heavy atom. The van der Waals surface area contributed by atoms with Gasteiger partial charge in [-0.05, 0) is 23.8 Å². The second kappa shape index (κ2) is 5.70. The molecule has 0 amide bonds. The van der Waals surface area contributed by atoms with Crippen LogP contribution in [0.4, 0.5) is 24.5 Å². The van der Waals surface area contributed by atoms with Gasteiger partial charge in [-0.15, -0.1) is 0 Å². The van der Waals surface area contributed by atoms with Crippen LogP contribution in [-0.4, -0.2) is 10.0 Å². The maximum Gasteiger partial charge on any atom is 0.295 e. The molecule has 0 heterocycles. The molecular weight excluding hydrogens is 289 g/mol. The first-order chi connectivity index (χ1) is 9.90. The minimum absolute atomic E-state index is 0.0559. The van der Waals surface area contributed by atoms with Crippen LogP contribution in [0, 0.1) is 27.6 Å². The lowest BCUT2D eigenvalue weighted by Gasteiger charge is -2.09. The minimum atomic E-state index is -1.17. The predicted octanol–water partition coefficient (Wildman–Crippen LogP) is 3.33. The fraction of sp³-hybridized carbons (Fsp3) is 0.0769. The number of benzene rings is 2. The number of phenols is 1. The summed E-state index contributed by atoms with van der Waals surface area (Å²) in [7, 11) is 0. The van der Waals surface area contributed by atoms with Crippen LogP contribution in [0.25, 0.3) is 0 Å². The standard InChI is InChI=1S/C13H9F3N2O3/c14-8-2-1-3-11(18(20)21)12(8)17-6-7-4-9(15)13(19)10(16)5-7/h1-5,17,19H,6H2. The van der Waals surface area contributed by atoms with E-state index in [1.165, 1.54) is 6.07 Å². The van der Waals surface area contributed by atoms with Crippen molar-refractivity contribution >= 4 is 11.4 Å². The van der Waals surface area contributed by atoms with E-state index < -0.39 is 33.8 Å². The molecule has 0 aromatic heterocycles. The summed E-state index contributed by atoms with van der Waals surface area (Å²) in [6.45, 7) is -0.254.